The van der Waals surface area contributed by atoms with Gasteiger partial charge in [0.05, 0.1) is 19.3 Å². The molecule has 0 aromatic rings. The van der Waals surface area contributed by atoms with Crippen LogP contribution in [0.15, 0.2) is 0 Å². The first-order chi connectivity index (χ1) is 9.13. The number of carbonyl (C=O) groups excluding carboxylic acids is 1. The molecule has 0 aliphatic carbocycles. The minimum absolute atomic E-state index is 0.0651. The van der Waals surface area contributed by atoms with Crippen molar-refractivity contribution in [2.24, 2.45) is 0 Å². The average molecular weight is 272 g/mol. The molecule has 2 aliphatic rings. The van der Waals surface area contributed by atoms with Crippen LogP contribution in [0.1, 0.15) is 12.8 Å². The van der Waals surface area contributed by atoms with Gasteiger partial charge < -0.3 is 24.4 Å². The zero-order valence-electron chi connectivity index (χ0n) is 11.1. The van der Waals surface area contributed by atoms with E-state index in [1.54, 1.807) is 12.0 Å². The molecule has 1 N–H and O–H groups in total. The number of ether oxygens (including phenoxy) is 2. The largest absolute Gasteiger partial charge is 0.480 e. The highest BCUT2D eigenvalue weighted by Crippen LogP contribution is 2.17. The van der Waals surface area contributed by atoms with Crippen molar-refractivity contribution in [3.8, 4) is 0 Å². The van der Waals surface area contributed by atoms with E-state index in [1.807, 2.05) is 0 Å². The predicted molar refractivity (Wildman–Crippen MR) is 65.9 cm³/mol. The molecule has 0 spiro atoms. The molecule has 2 fully saturated rings. The molecule has 2 amide bonds. The molecule has 2 saturated heterocycles. The smallest absolute Gasteiger partial charge is 0.328 e. The van der Waals surface area contributed by atoms with E-state index in [2.05, 4.69) is 0 Å². The Balaban J connectivity index is 1.96. The lowest BCUT2D eigenvalue weighted by atomic mass is 10.1. The van der Waals surface area contributed by atoms with Crippen LogP contribution in [0.5, 0.6) is 0 Å². The minimum atomic E-state index is -1.01. The molecule has 2 aliphatic heterocycles. The van der Waals surface area contributed by atoms with E-state index in [4.69, 9.17) is 14.6 Å². The highest BCUT2D eigenvalue weighted by Gasteiger charge is 2.36. The standard InChI is InChI=1S/C12H20N2O5/c1-18-9-2-4-13(5-3-9)12(17)14-6-7-19-8-10(14)11(15)16/h9-10H,2-8H2,1H3,(H,15,16). The number of nitrogens with zero attached hydrogens (tertiary/aromatic N) is 2. The number of amides is 2. The van der Waals surface area contributed by atoms with Crippen molar-refractivity contribution in [2.45, 2.75) is 25.0 Å². The Morgan fingerprint density at radius 1 is 1.26 bits per heavy atom. The van der Waals surface area contributed by atoms with E-state index >= 15 is 0 Å². The number of carboxylic acids is 1. The minimum Gasteiger partial charge on any atom is -0.480 e. The fourth-order valence-electron chi connectivity index (χ4n) is 2.50. The lowest BCUT2D eigenvalue weighted by molar-refractivity contribution is -0.147. The number of carboxylic acid groups (broad SMARTS) is 1. The normalized spacial score (nSPS) is 25.4. The number of urea groups is 1. The fourth-order valence-corrected chi connectivity index (χ4v) is 2.50. The molecule has 19 heavy (non-hydrogen) atoms. The second kappa shape index (κ2) is 6.21. The second-order valence-corrected chi connectivity index (χ2v) is 4.83. The van der Waals surface area contributed by atoms with Crippen molar-refractivity contribution in [2.75, 3.05) is 40.0 Å². The van der Waals surface area contributed by atoms with Crippen LogP contribution < -0.4 is 0 Å². The molecular formula is C12H20N2O5. The summed E-state index contributed by atoms with van der Waals surface area (Å²) in [5.41, 5.74) is 0. The van der Waals surface area contributed by atoms with Gasteiger partial charge >= 0.3 is 12.0 Å². The number of carbonyl (C=O) groups is 2. The van der Waals surface area contributed by atoms with Crippen molar-refractivity contribution in [3.05, 3.63) is 0 Å². The molecular weight excluding hydrogens is 252 g/mol. The van der Waals surface area contributed by atoms with Crippen molar-refractivity contribution in [3.63, 3.8) is 0 Å². The summed E-state index contributed by atoms with van der Waals surface area (Å²) < 4.78 is 10.4. The summed E-state index contributed by atoms with van der Waals surface area (Å²) in [5, 5.41) is 9.12. The van der Waals surface area contributed by atoms with Crippen molar-refractivity contribution in [1.29, 1.82) is 0 Å². The van der Waals surface area contributed by atoms with Gasteiger partial charge in [-0.25, -0.2) is 9.59 Å². The Morgan fingerprint density at radius 2 is 1.95 bits per heavy atom. The van der Waals surface area contributed by atoms with Gasteiger partial charge in [-0.1, -0.05) is 0 Å². The zero-order chi connectivity index (χ0) is 13.8. The summed E-state index contributed by atoms with van der Waals surface area (Å²) >= 11 is 0. The first-order valence-electron chi connectivity index (χ1n) is 6.52. The molecule has 1 unspecified atom stereocenters. The fraction of sp³-hybridized carbons (Fsp3) is 0.833. The lowest BCUT2D eigenvalue weighted by Gasteiger charge is -2.39. The summed E-state index contributed by atoms with van der Waals surface area (Å²) in [6.07, 6.45) is 1.79. The van der Waals surface area contributed by atoms with Crippen LogP contribution in [0.3, 0.4) is 0 Å². The van der Waals surface area contributed by atoms with Gasteiger partial charge in [-0.3, -0.25) is 0 Å². The number of hydrogen-bond donors (Lipinski definition) is 1. The Labute approximate surface area is 112 Å². The number of methoxy groups -OCH3 is 1. The third-order valence-corrected chi connectivity index (χ3v) is 3.71. The van der Waals surface area contributed by atoms with Crippen molar-refractivity contribution < 1.29 is 24.2 Å². The molecule has 0 aromatic heterocycles. The van der Waals surface area contributed by atoms with Crippen molar-refractivity contribution in [1.82, 2.24) is 9.80 Å². The van der Waals surface area contributed by atoms with E-state index in [1.165, 1.54) is 4.90 Å². The number of aliphatic carboxylic acids is 1. The van der Waals surface area contributed by atoms with Gasteiger partial charge in [-0.15, -0.1) is 0 Å². The highest BCUT2D eigenvalue weighted by molar-refractivity contribution is 5.83. The first kappa shape index (κ1) is 14.1. The number of rotatable bonds is 2. The van der Waals surface area contributed by atoms with Crippen LogP contribution >= 0.6 is 0 Å². The third kappa shape index (κ3) is 3.16. The van der Waals surface area contributed by atoms with Crippen LogP contribution in [0.25, 0.3) is 0 Å². The number of likely N-dealkylation sites (tertiary alicyclic amines) is 1. The van der Waals surface area contributed by atoms with Gasteiger partial charge in [0.25, 0.3) is 0 Å². The Morgan fingerprint density at radius 3 is 2.53 bits per heavy atom. The monoisotopic (exact) mass is 272 g/mol. The maximum atomic E-state index is 12.4. The summed E-state index contributed by atoms with van der Waals surface area (Å²) in [7, 11) is 1.67. The van der Waals surface area contributed by atoms with E-state index in [0.29, 0.717) is 26.2 Å². The van der Waals surface area contributed by atoms with Gasteiger partial charge in [0.1, 0.15) is 0 Å². The van der Waals surface area contributed by atoms with Gasteiger partial charge in [-0.2, -0.15) is 0 Å². The van der Waals surface area contributed by atoms with Gasteiger partial charge in [0, 0.05) is 26.7 Å². The van der Waals surface area contributed by atoms with E-state index in [0.717, 1.165) is 12.8 Å². The van der Waals surface area contributed by atoms with Crippen molar-refractivity contribution >= 4 is 12.0 Å². The quantitative estimate of drug-likeness (QED) is 0.765. The number of morpholine rings is 1. The SMILES string of the molecule is COC1CCN(C(=O)N2CCOCC2C(=O)O)CC1. The molecule has 1 atom stereocenters. The number of hydrogen-bond acceptors (Lipinski definition) is 4. The van der Waals surface area contributed by atoms with Gasteiger partial charge in [0.15, 0.2) is 6.04 Å². The van der Waals surface area contributed by atoms with Crippen LogP contribution in [-0.2, 0) is 14.3 Å². The predicted octanol–water partition coefficient (Wildman–Crippen LogP) is 0.00260. The molecule has 108 valence electrons. The zero-order valence-corrected chi connectivity index (χ0v) is 11.1. The van der Waals surface area contributed by atoms with E-state index < -0.39 is 12.0 Å². The Kier molecular flexibility index (Phi) is 4.60. The molecule has 7 nitrogen and oxygen atoms in total. The molecule has 0 radical (unpaired) electrons. The summed E-state index contributed by atoms with van der Waals surface area (Å²) in [5.74, 6) is -1.01. The second-order valence-electron chi connectivity index (χ2n) is 4.83. The van der Waals surface area contributed by atoms with E-state index in [9.17, 15) is 9.59 Å². The lowest BCUT2D eigenvalue weighted by Crippen LogP contribution is -2.57. The van der Waals surface area contributed by atoms with Crippen LogP contribution in [0.2, 0.25) is 0 Å². The van der Waals surface area contributed by atoms with Gasteiger partial charge in [0.2, 0.25) is 0 Å². The van der Waals surface area contributed by atoms with Crippen LogP contribution in [0, 0.1) is 0 Å². The molecule has 0 bridgehead atoms. The van der Waals surface area contributed by atoms with Crippen LogP contribution in [0.4, 0.5) is 4.79 Å². The summed E-state index contributed by atoms with van der Waals surface area (Å²) in [6, 6.07) is -1.08. The summed E-state index contributed by atoms with van der Waals surface area (Å²) in [4.78, 5) is 26.6. The van der Waals surface area contributed by atoms with Crippen LogP contribution in [-0.4, -0.2) is 79.0 Å². The maximum Gasteiger partial charge on any atom is 0.328 e. The third-order valence-electron chi connectivity index (χ3n) is 3.71. The Hall–Kier alpha value is -1.34. The summed E-state index contributed by atoms with van der Waals surface area (Å²) in [6.45, 7) is 2.02. The number of piperidine rings is 1. The maximum absolute atomic E-state index is 12.4. The first-order valence-corrected chi connectivity index (χ1v) is 6.52. The molecule has 2 heterocycles. The molecule has 2 rings (SSSR count). The average Bonchev–Trinajstić information content (AvgIpc) is 2.46. The molecule has 0 aromatic carbocycles. The van der Waals surface area contributed by atoms with E-state index in [-0.39, 0.29) is 18.7 Å². The molecule has 0 saturated carbocycles. The Bertz CT molecular complexity index is 341. The molecule has 7 heteroatoms. The topological polar surface area (TPSA) is 79.3 Å². The van der Waals surface area contributed by atoms with Gasteiger partial charge in [-0.05, 0) is 12.8 Å². The highest BCUT2D eigenvalue weighted by atomic mass is 16.5.